The van der Waals surface area contributed by atoms with Crippen LogP contribution < -0.4 is 5.32 Å². The maximum atomic E-state index is 9.28. The third-order valence-electron chi connectivity index (χ3n) is 4.95. The number of rotatable bonds is 7. The van der Waals surface area contributed by atoms with Crippen LogP contribution in [-0.4, -0.2) is 45.7 Å². The van der Waals surface area contributed by atoms with Gasteiger partial charge in [0.25, 0.3) is 0 Å². The van der Waals surface area contributed by atoms with Crippen LogP contribution in [0.1, 0.15) is 48.9 Å². The molecule has 0 saturated carbocycles. The number of hydrogen-bond acceptors (Lipinski definition) is 6. The molecule has 5 nitrogen and oxygen atoms in total. The second-order valence-electron chi connectivity index (χ2n) is 6.70. The minimum absolute atomic E-state index is 0.196. The van der Waals surface area contributed by atoms with Crippen LogP contribution in [0.3, 0.4) is 0 Å². The predicted molar refractivity (Wildman–Crippen MR) is 101 cm³/mol. The number of aromatic nitrogens is 2. The molecule has 6 heteroatoms. The summed E-state index contributed by atoms with van der Waals surface area (Å²) < 4.78 is 0. The minimum Gasteiger partial charge on any atom is -0.396 e. The molecule has 3 heterocycles. The lowest BCUT2D eigenvalue weighted by molar-refractivity contribution is 0.278. The summed E-state index contributed by atoms with van der Waals surface area (Å²) in [5.74, 6) is 1.85. The fourth-order valence-corrected chi connectivity index (χ4v) is 4.39. The SMILES string of the molecule is CCC(CCO)Nc1nc(CN2CCCC2)nc2sc(C)c(C)c12. The van der Waals surface area contributed by atoms with E-state index in [1.54, 1.807) is 11.3 Å². The van der Waals surface area contributed by atoms with Crippen LogP contribution in [-0.2, 0) is 6.54 Å². The van der Waals surface area contributed by atoms with Gasteiger partial charge >= 0.3 is 0 Å². The lowest BCUT2D eigenvalue weighted by Gasteiger charge is -2.19. The summed E-state index contributed by atoms with van der Waals surface area (Å²) in [7, 11) is 0. The number of likely N-dealkylation sites (tertiary alicyclic amines) is 1. The van der Waals surface area contributed by atoms with Gasteiger partial charge in [-0.05, 0) is 58.2 Å². The van der Waals surface area contributed by atoms with Gasteiger partial charge in [-0.1, -0.05) is 6.92 Å². The van der Waals surface area contributed by atoms with Gasteiger partial charge in [-0.15, -0.1) is 11.3 Å². The van der Waals surface area contributed by atoms with Crippen LogP contribution in [0.5, 0.6) is 0 Å². The normalized spacial score (nSPS) is 16.8. The molecule has 0 spiro atoms. The number of fused-ring (bicyclic) bond motifs is 1. The maximum absolute atomic E-state index is 9.28. The van der Waals surface area contributed by atoms with Crippen molar-refractivity contribution in [3.63, 3.8) is 0 Å². The Kier molecular flexibility index (Phi) is 5.69. The summed E-state index contributed by atoms with van der Waals surface area (Å²) in [5, 5.41) is 14.0. The topological polar surface area (TPSA) is 61.3 Å². The van der Waals surface area contributed by atoms with Gasteiger partial charge in [0.15, 0.2) is 0 Å². The van der Waals surface area contributed by atoms with Crippen molar-refractivity contribution in [1.82, 2.24) is 14.9 Å². The van der Waals surface area contributed by atoms with E-state index in [9.17, 15) is 5.11 Å². The third-order valence-corrected chi connectivity index (χ3v) is 6.05. The molecule has 2 N–H and O–H groups in total. The van der Waals surface area contributed by atoms with Crippen LogP contribution >= 0.6 is 11.3 Å². The van der Waals surface area contributed by atoms with Gasteiger partial charge < -0.3 is 10.4 Å². The third kappa shape index (κ3) is 3.71. The van der Waals surface area contributed by atoms with Gasteiger partial charge in [-0.2, -0.15) is 0 Å². The Labute approximate surface area is 148 Å². The van der Waals surface area contributed by atoms with Crippen molar-refractivity contribution < 1.29 is 5.11 Å². The van der Waals surface area contributed by atoms with Crippen molar-refractivity contribution in [3.05, 3.63) is 16.3 Å². The van der Waals surface area contributed by atoms with Crippen molar-refractivity contribution in [3.8, 4) is 0 Å². The number of anilines is 1. The molecule has 1 aliphatic heterocycles. The highest BCUT2D eigenvalue weighted by molar-refractivity contribution is 7.18. The molecule has 0 aliphatic carbocycles. The Morgan fingerprint density at radius 1 is 1.25 bits per heavy atom. The standard InChI is InChI=1S/C18H28N4OS/c1-4-14(7-10-23)19-17-16-12(2)13(3)24-18(16)21-15(20-17)11-22-8-5-6-9-22/h14,23H,4-11H2,1-3H3,(H,19,20,21). The molecule has 2 aromatic heterocycles. The quantitative estimate of drug-likeness (QED) is 0.802. The number of hydrogen-bond donors (Lipinski definition) is 2. The first-order chi connectivity index (χ1) is 11.6. The zero-order valence-electron chi connectivity index (χ0n) is 14.9. The predicted octanol–water partition coefficient (Wildman–Crippen LogP) is 3.48. The first kappa shape index (κ1) is 17.6. The lowest BCUT2D eigenvalue weighted by Crippen LogP contribution is -2.23. The molecule has 0 bridgehead atoms. The van der Waals surface area contributed by atoms with Crippen molar-refractivity contribution >= 4 is 27.4 Å². The Hall–Kier alpha value is -1.24. The molecule has 1 aliphatic rings. The summed E-state index contributed by atoms with van der Waals surface area (Å²) >= 11 is 1.75. The van der Waals surface area contributed by atoms with E-state index in [1.807, 2.05) is 0 Å². The van der Waals surface area contributed by atoms with E-state index in [2.05, 4.69) is 31.0 Å². The molecule has 1 atom stereocenters. The molecule has 1 saturated heterocycles. The molecule has 0 radical (unpaired) electrons. The summed E-state index contributed by atoms with van der Waals surface area (Å²) in [6.07, 6.45) is 4.26. The molecular weight excluding hydrogens is 320 g/mol. The van der Waals surface area contributed by atoms with Gasteiger partial charge in [0.2, 0.25) is 0 Å². The van der Waals surface area contributed by atoms with Gasteiger partial charge in [0.1, 0.15) is 16.5 Å². The Morgan fingerprint density at radius 3 is 2.67 bits per heavy atom. The first-order valence-corrected chi connectivity index (χ1v) is 9.80. The van der Waals surface area contributed by atoms with Gasteiger partial charge in [0, 0.05) is 17.5 Å². The maximum Gasteiger partial charge on any atom is 0.146 e. The van der Waals surface area contributed by atoms with E-state index in [-0.39, 0.29) is 12.6 Å². The summed E-state index contributed by atoms with van der Waals surface area (Å²) in [4.78, 5) is 14.5. The average Bonchev–Trinajstić information content (AvgIpc) is 3.16. The summed E-state index contributed by atoms with van der Waals surface area (Å²) in [6.45, 7) is 9.76. The molecule has 1 fully saturated rings. The Morgan fingerprint density at radius 2 is 2.00 bits per heavy atom. The van der Waals surface area contributed by atoms with E-state index in [0.717, 1.165) is 54.3 Å². The minimum atomic E-state index is 0.196. The number of aliphatic hydroxyl groups is 1. The van der Waals surface area contributed by atoms with Crippen LogP contribution in [0.25, 0.3) is 10.2 Å². The number of aryl methyl sites for hydroxylation is 2. The fourth-order valence-electron chi connectivity index (χ4n) is 3.34. The zero-order chi connectivity index (χ0) is 17.1. The van der Waals surface area contributed by atoms with E-state index in [4.69, 9.17) is 9.97 Å². The van der Waals surface area contributed by atoms with E-state index >= 15 is 0 Å². The number of aliphatic hydroxyl groups excluding tert-OH is 1. The van der Waals surface area contributed by atoms with Crippen molar-refractivity contribution in [2.45, 2.75) is 59.0 Å². The van der Waals surface area contributed by atoms with Gasteiger partial charge in [-0.3, -0.25) is 4.90 Å². The number of nitrogens with one attached hydrogen (secondary N) is 1. The fraction of sp³-hybridized carbons (Fsp3) is 0.667. The van der Waals surface area contributed by atoms with Crippen LogP contribution in [0.15, 0.2) is 0 Å². The molecule has 0 amide bonds. The number of nitrogens with zero attached hydrogens (tertiary/aromatic N) is 3. The molecular formula is C18H28N4OS. The average molecular weight is 349 g/mol. The van der Waals surface area contributed by atoms with Crippen LogP contribution in [0.2, 0.25) is 0 Å². The molecule has 24 heavy (non-hydrogen) atoms. The monoisotopic (exact) mass is 348 g/mol. The van der Waals surface area contributed by atoms with Crippen molar-refractivity contribution in [2.75, 3.05) is 25.0 Å². The molecule has 132 valence electrons. The van der Waals surface area contributed by atoms with Crippen molar-refractivity contribution in [2.24, 2.45) is 0 Å². The van der Waals surface area contributed by atoms with Gasteiger partial charge in [-0.25, -0.2) is 9.97 Å². The lowest BCUT2D eigenvalue weighted by atomic mass is 10.1. The highest BCUT2D eigenvalue weighted by atomic mass is 32.1. The zero-order valence-corrected chi connectivity index (χ0v) is 15.7. The first-order valence-electron chi connectivity index (χ1n) is 8.98. The van der Waals surface area contributed by atoms with E-state index < -0.39 is 0 Å². The van der Waals surface area contributed by atoms with Gasteiger partial charge in [0.05, 0.1) is 11.9 Å². The van der Waals surface area contributed by atoms with Crippen molar-refractivity contribution in [1.29, 1.82) is 0 Å². The molecule has 2 aromatic rings. The molecule has 0 aromatic carbocycles. The second-order valence-corrected chi connectivity index (χ2v) is 7.90. The van der Waals surface area contributed by atoms with E-state index in [1.165, 1.54) is 23.3 Å². The summed E-state index contributed by atoms with van der Waals surface area (Å²) in [6, 6.07) is 0.243. The Bertz CT molecular complexity index is 694. The van der Waals surface area contributed by atoms with E-state index in [0.29, 0.717) is 0 Å². The largest absolute Gasteiger partial charge is 0.396 e. The highest BCUT2D eigenvalue weighted by Gasteiger charge is 2.19. The Balaban J connectivity index is 1.96. The molecule has 3 rings (SSSR count). The van der Waals surface area contributed by atoms with Crippen LogP contribution in [0, 0.1) is 13.8 Å². The summed E-state index contributed by atoms with van der Waals surface area (Å²) in [5.41, 5.74) is 1.27. The molecule has 1 unspecified atom stereocenters. The highest BCUT2D eigenvalue weighted by Crippen LogP contribution is 2.34. The van der Waals surface area contributed by atoms with Crippen LogP contribution in [0.4, 0.5) is 5.82 Å². The number of thiophene rings is 1. The second kappa shape index (κ2) is 7.76. The smallest absolute Gasteiger partial charge is 0.146 e.